The zero-order chi connectivity index (χ0) is 22.0. The van der Waals surface area contributed by atoms with Gasteiger partial charge in [-0.1, -0.05) is 0 Å². The van der Waals surface area contributed by atoms with Crippen LogP contribution in [0.1, 0.15) is 34.1 Å². The van der Waals surface area contributed by atoms with Crippen molar-refractivity contribution in [2.75, 3.05) is 28.4 Å². The molecule has 1 amide bonds. The predicted octanol–water partition coefficient (Wildman–Crippen LogP) is 3.53. The summed E-state index contributed by atoms with van der Waals surface area (Å²) in [5.74, 6) is 2.42. The highest BCUT2D eigenvalue weighted by molar-refractivity contribution is 5.94. The summed E-state index contributed by atoms with van der Waals surface area (Å²) in [5, 5.41) is 10.2. The second kappa shape index (κ2) is 8.59. The van der Waals surface area contributed by atoms with Gasteiger partial charge in [0.2, 0.25) is 0 Å². The lowest BCUT2D eigenvalue weighted by molar-refractivity contribution is 0.0931. The van der Waals surface area contributed by atoms with E-state index in [4.69, 9.17) is 18.9 Å². The smallest absolute Gasteiger partial charge is 0.269 e. The molecule has 1 aliphatic carbocycles. The maximum absolute atomic E-state index is 12.9. The molecule has 1 aliphatic rings. The number of hydrogen-bond acceptors (Lipinski definition) is 6. The van der Waals surface area contributed by atoms with Crippen LogP contribution in [0.2, 0.25) is 0 Å². The van der Waals surface area contributed by atoms with E-state index < -0.39 is 0 Å². The van der Waals surface area contributed by atoms with Gasteiger partial charge in [-0.3, -0.25) is 9.89 Å². The van der Waals surface area contributed by atoms with Gasteiger partial charge in [-0.15, -0.1) is 0 Å². The number of carbonyl (C=O) groups is 1. The highest BCUT2D eigenvalue weighted by Crippen LogP contribution is 2.39. The number of aryl methyl sites for hydroxylation is 1. The van der Waals surface area contributed by atoms with E-state index in [9.17, 15) is 4.79 Å². The van der Waals surface area contributed by atoms with Crippen molar-refractivity contribution in [3.63, 3.8) is 0 Å². The second-order valence-electron chi connectivity index (χ2n) is 7.20. The van der Waals surface area contributed by atoms with E-state index in [1.165, 1.54) is 0 Å². The van der Waals surface area contributed by atoms with E-state index in [1.54, 1.807) is 40.6 Å². The zero-order valence-corrected chi connectivity index (χ0v) is 17.9. The van der Waals surface area contributed by atoms with Gasteiger partial charge in [0, 0.05) is 11.6 Å². The van der Waals surface area contributed by atoms with Crippen LogP contribution in [0.25, 0.3) is 11.3 Å². The first-order valence-electron chi connectivity index (χ1n) is 9.91. The molecular formula is C23H25N3O5. The molecule has 2 aromatic carbocycles. The van der Waals surface area contributed by atoms with Gasteiger partial charge < -0.3 is 24.3 Å². The van der Waals surface area contributed by atoms with Crippen LogP contribution in [0.15, 0.2) is 36.4 Å². The maximum atomic E-state index is 12.9. The molecule has 162 valence electrons. The lowest BCUT2D eigenvalue weighted by Gasteiger charge is -2.15. The standard InChI is InChI=1S/C23H25N3O5/c1-28-14-6-7-15(20(10-14)29-2)18-12-19(26-25-18)23(27)24-17-8-5-13-9-21(30-3)22(31-4)11-16(13)17/h6-7,9-12,17H,5,8H2,1-4H3,(H,24,27)(H,25,26). The van der Waals surface area contributed by atoms with Crippen LogP contribution in [-0.4, -0.2) is 44.5 Å². The van der Waals surface area contributed by atoms with Crippen LogP contribution in [0.3, 0.4) is 0 Å². The number of ether oxygens (including phenoxy) is 4. The summed E-state index contributed by atoms with van der Waals surface area (Å²) in [5.41, 5.74) is 3.95. The first-order valence-corrected chi connectivity index (χ1v) is 9.91. The first kappa shape index (κ1) is 20.6. The highest BCUT2D eigenvalue weighted by atomic mass is 16.5. The largest absolute Gasteiger partial charge is 0.497 e. The van der Waals surface area contributed by atoms with Crippen molar-refractivity contribution in [2.24, 2.45) is 0 Å². The Bertz CT molecular complexity index is 1110. The third-order valence-corrected chi connectivity index (χ3v) is 5.54. The predicted molar refractivity (Wildman–Crippen MR) is 115 cm³/mol. The molecule has 31 heavy (non-hydrogen) atoms. The third-order valence-electron chi connectivity index (χ3n) is 5.54. The summed E-state index contributed by atoms with van der Waals surface area (Å²) < 4.78 is 21.5. The molecule has 1 aromatic heterocycles. The van der Waals surface area contributed by atoms with Crippen molar-refractivity contribution < 1.29 is 23.7 Å². The Labute approximate surface area is 180 Å². The molecule has 2 N–H and O–H groups in total. The number of carbonyl (C=O) groups excluding carboxylic acids is 1. The van der Waals surface area contributed by atoms with Crippen molar-refractivity contribution >= 4 is 5.91 Å². The SMILES string of the molecule is COc1ccc(-c2cc(C(=O)NC3CCc4cc(OC)c(OC)cc43)[nH]n2)c(OC)c1. The molecule has 0 spiro atoms. The van der Waals surface area contributed by atoms with E-state index in [0.717, 1.165) is 29.5 Å². The third kappa shape index (κ3) is 3.88. The van der Waals surface area contributed by atoms with Gasteiger partial charge in [0.25, 0.3) is 5.91 Å². The zero-order valence-electron chi connectivity index (χ0n) is 17.9. The summed E-state index contributed by atoms with van der Waals surface area (Å²) in [6.45, 7) is 0. The number of fused-ring (bicyclic) bond motifs is 1. The monoisotopic (exact) mass is 423 g/mol. The molecule has 0 radical (unpaired) electrons. The lowest BCUT2D eigenvalue weighted by atomic mass is 10.1. The molecular weight excluding hydrogens is 398 g/mol. The maximum Gasteiger partial charge on any atom is 0.269 e. The highest BCUT2D eigenvalue weighted by Gasteiger charge is 2.27. The quantitative estimate of drug-likeness (QED) is 0.604. The number of amides is 1. The first-order chi connectivity index (χ1) is 15.1. The number of nitrogens with one attached hydrogen (secondary N) is 2. The number of H-pyrrole nitrogens is 1. The minimum atomic E-state index is -0.223. The fourth-order valence-electron chi connectivity index (χ4n) is 3.91. The minimum Gasteiger partial charge on any atom is -0.497 e. The molecule has 0 saturated heterocycles. The van der Waals surface area contributed by atoms with Crippen LogP contribution in [0.4, 0.5) is 0 Å². The van der Waals surface area contributed by atoms with E-state index in [0.29, 0.717) is 34.4 Å². The number of rotatable bonds is 7. The van der Waals surface area contributed by atoms with Gasteiger partial charge in [-0.05, 0) is 54.3 Å². The molecule has 8 heteroatoms. The van der Waals surface area contributed by atoms with E-state index in [-0.39, 0.29) is 11.9 Å². The number of benzene rings is 2. The number of methoxy groups -OCH3 is 4. The Morgan fingerprint density at radius 1 is 0.968 bits per heavy atom. The summed E-state index contributed by atoms with van der Waals surface area (Å²) in [6, 6.07) is 11.0. The Morgan fingerprint density at radius 3 is 2.42 bits per heavy atom. The van der Waals surface area contributed by atoms with Gasteiger partial charge in [-0.25, -0.2) is 0 Å². The fourth-order valence-corrected chi connectivity index (χ4v) is 3.91. The minimum absolute atomic E-state index is 0.107. The van der Waals surface area contributed by atoms with Crippen molar-refractivity contribution in [3.8, 4) is 34.3 Å². The van der Waals surface area contributed by atoms with Crippen LogP contribution in [0.5, 0.6) is 23.0 Å². The van der Waals surface area contributed by atoms with Gasteiger partial charge >= 0.3 is 0 Å². The number of nitrogens with zero attached hydrogens (tertiary/aromatic N) is 1. The van der Waals surface area contributed by atoms with Gasteiger partial charge in [0.05, 0.1) is 40.2 Å². The van der Waals surface area contributed by atoms with E-state index in [1.807, 2.05) is 24.3 Å². The average Bonchev–Trinajstić information content (AvgIpc) is 3.45. The molecule has 0 bridgehead atoms. The molecule has 3 aromatic rings. The lowest BCUT2D eigenvalue weighted by Crippen LogP contribution is -2.27. The number of aromatic nitrogens is 2. The Balaban J connectivity index is 1.54. The molecule has 0 saturated carbocycles. The normalized spacial score (nSPS) is 14.6. The van der Waals surface area contributed by atoms with Crippen LogP contribution in [0, 0.1) is 0 Å². The Hall–Kier alpha value is -3.68. The fraction of sp³-hybridized carbons (Fsp3) is 0.304. The summed E-state index contributed by atoms with van der Waals surface area (Å²) in [4.78, 5) is 12.9. The average molecular weight is 423 g/mol. The second-order valence-corrected chi connectivity index (χ2v) is 7.20. The van der Waals surface area contributed by atoms with Crippen molar-refractivity contribution in [3.05, 3.63) is 53.2 Å². The van der Waals surface area contributed by atoms with Crippen molar-refractivity contribution in [1.82, 2.24) is 15.5 Å². The summed E-state index contributed by atoms with van der Waals surface area (Å²) in [7, 11) is 6.40. The molecule has 1 unspecified atom stereocenters. The molecule has 0 aliphatic heterocycles. The number of aromatic amines is 1. The van der Waals surface area contributed by atoms with E-state index in [2.05, 4.69) is 15.5 Å². The Morgan fingerprint density at radius 2 is 1.71 bits per heavy atom. The van der Waals surface area contributed by atoms with Crippen molar-refractivity contribution in [1.29, 1.82) is 0 Å². The summed E-state index contributed by atoms with van der Waals surface area (Å²) >= 11 is 0. The van der Waals surface area contributed by atoms with Gasteiger partial charge in [0.1, 0.15) is 17.2 Å². The van der Waals surface area contributed by atoms with Gasteiger partial charge in [0.15, 0.2) is 11.5 Å². The van der Waals surface area contributed by atoms with Crippen molar-refractivity contribution in [2.45, 2.75) is 18.9 Å². The Kier molecular flexibility index (Phi) is 5.70. The number of hydrogen-bond donors (Lipinski definition) is 2. The van der Waals surface area contributed by atoms with Crippen LogP contribution < -0.4 is 24.3 Å². The molecule has 4 rings (SSSR count). The van der Waals surface area contributed by atoms with Crippen LogP contribution >= 0.6 is 0 Å². The molecule has 8 nitrogen and oxygen atoms in total. The molecule has 1 atom stereocenters. The summed E-state index contributed by atoms with van der Waals surface area (Å²) in [6.07, 6.45) is 1.67. The van der Waals surface area contributed by atoms with Gasteiger partial charge in [-0.2, -0.15) is 5.10 Å². The van der Waals surface area contributed by atoms with Crippen LogP contribution in [-0.2, 0) is 6.42 Å². The molecule has 0 fully saturated rings. The van der Waals surface area contributed by atoms with E-state index >= 15 is 0 Å². The topological polar surface area (TPSA) is 94.7 Å². The molecule has 1 heterocycles.